The van der Waals surface area contributed by atoms with Crippen LogP contribution in [0.15, 0.2) is 46.0 Å². The van der Waals surface area contributed by atoms with Crippen LogP contribution in [0.2, 0.25) is 5.02 Å². The lowest BCUT2D eigenvalue weighted by Gasteiger charge is -2.23. The summed E-state index contributed by atoms with van der Waals surface area (Å²) >= 11 is 11.5. The highest BCUT2D eigenvalue weighted by atomic mass is 35.5. The molecule has 12 heteroatoms. The van der Waals surface area contributed by atoms with Gasteiger partial charge in [-0.15, -0.1) is 0 Å². The Morgan fingerprint density at radius 1 is 1.22 bits per heavy atom. The third kappa shape index (κ3) is 5.56. The lowest BCUT2D eigenvalue weighted by Crippen LogP contribution is -2.17. The molecule has 0 aliphatic heterocycles. The molecule has 0 saturated carbocycles. The number of hydrogen-bond donors (Lipinski definition) is 0. The second-order valence-electron chi connectivity index (χ2n) is 6.83. The van der Waals surface area contributed by atoms with Crippen LogP contribution in [-0.4, -0.2) is 29.4 Å². The van der Waals surface area contributed by atoms with Crippen molar-refractivity contribution >= 4 is 29.9 Å². The monoisotopic (exact) mass is 504 g/mol. The molecule has 3 rings (SSSR count). The predicted octanol–water partition coefficient (Wildman–Crippen LogP) is 5.93. The first kappa shape index (κ1) is 24.4. The third-order valence-electron chi connectivity index (χ3n) is 4.26. The molecule has 6 nitrogen and oxygen atoms in total. The number of aromatic nitrogens is 2. The zero-order valence-corrected chi connectivity index (χ0v) is 19.5. The maximum Gasteiger partial charge on any atom is 0.412 e. The molecule has 0 aromatic carbocycles. The number of aryl methyl sites for hydroxylation is 1. The van der Waals surface area contributed by atoms with E-state index < -0.39 is 24.9 Å². The Morgan fingerprint density at radius 2 is 1.94 bits per heavy atom. The van der Waals surface area contributed by atoms with Crippen LogP contribution in [0.1, 0.15) is 11.1 Å². The lowest BCUT2D eigenvalue weighted by molar-refractivity contribution is -0.153. The molecule has 0 aliphatic carbocycles. The predicted molar refractivity (Wildman–Crippen MR) is 119 cm³/mol. The average molecular weight is 505 g/mol. The van der Waals surface area contributed by atoms with E-state index in [1.807, 2.05) is 0 Å². The van der Waals surface area contributed by atoms with Crippen LogP contribution in [0, 0.1) is 13.8 Å². The molecule has 3 aromatic rings. The van der Waals surface area contributed by atoms with Gasteiger partial charge in [-0.2, -0.15) is 13.2 Å². The Balaban J connectivity index is 2.25. The molecule has 170 valence electrons. The van der Waals surface area contributed by atoms with Crippen molar-refractivity contribution in [2.75, 3.05) is 13.3 Å². The fourth-order valence-electron chi connectivity index (χ4n) is 2.91. The number of rotatable bonds is 6. The largest absolute Gasteiger partial charge is 0.442 e. The first-order valence-electron chi connectivity index (χ1n) is 9.07. The summed E-state index contributed by atoms with van der Waals surface area (Å²) in [5, 5.41) is 0.132. The normalized spacial score (nSPS) is 13.6. The van der Waals surface area contributed by atoms with Crippen LogP contribution in [0.5, 0.6) is 5.75 Å². The minimum absolute atomic E-state index is 0.0777. The van der Waals surface area contributed by atoms with E-state index in [-0.39, 0.29) is 27.7 Å². The quantitative estimate of drug-likeness (QED) is 0.385. The van der Waals surface area contributed by atoms with Crippen molar-refractivity contribution in [3.63, 3.8) is 0 Å². The van der Waals surface area contributed by atoms with Crippen LogP contribution in [0.4, 0.5) is 13.2 Å². The van der Waals surface area contributed by atoms with Gasteiger partial charge in [0, 0.05) is 36.4 Å². The van der Waals surface area contributed by atoms with E-state index >= 15 is 0 Å². The zero-order chi connectivity index (χ0) is 23.7. The van der Waals surface area contributed by atoms with E-state index in [9.17, 15) is 18.0 Å². The Bertz CT molecular complexity index is 1230. The molecule has 0 fully saturated rings. The van der Waals surface area contributed by atoms with Gasteiger partial charge in [0.15, 0.2) is 12.4 Å². The summed E-state index contributed by atoms with van der Waals surface area (Å²) in [4.78, 5) is 21.2. The maximum atomic E-state index is 13.1. The van der Waals surface area contributed by atoms with Crippen molar-refractivity contribution < 1.29 is 26.6 Å². The van der Waals surface area contributed by atoms with E-state index in [0.717, 1.165) is 0 Å². The van der Waals surface area contributed by atoms with Gasteiger partial charge in [0.05, 0.1) is 5.02 Å². The molecule has 0 saturated heterocycles. The Morgan fingerprint density at radius 3 is 2.53 bits per heavy atom. The molecule has 0 amide bonds. The van der Waals surface area contributed by atoms with Crippen molar-refractivity contribution in [3.8, 4) is 28.3 Å². The van der Waals surface area contributed by atoms with Crippen LogP contribution in [0.3, 0.4) is 0 Å². The van der Waals surface area contributed by atoms with E-state index in [1.165, 1.54) is 25.3 Å². The lowest BCUT2D eigenvalue weighted by atomic mass is 10.0. The van der Waals surface area contributed by atoms with Gasteiger partial charge in [-0.05, 0) is 43.4 Å². The van der Waals surface area contributed by atoms with Gasteiger partial charge in [0.1, 0.15) is 17.0 Å². The first-order chi connectivity index (χ1) is 14.9. The summed E-state index contributed by atoms with van der Waals surface area (Å²) in [6.45, 7) is -0.587. The van der Waals surface area contributed by atoms with Gasteiger partial charge in [0.2, 0.25) is 6.49 Å². The molecule has 32 heavy (non-hydrogen) atoms. The maximum absolute atomic E-state index is 13.1. The highest BCUT2D eigenvalue weighted by Crippen LogP contribution is 2.50. The summed E-state index contributed by atoms with van der Waals surface area (Å²) < 4.78 is 54.3. The van der Waals surface area contributed by atoms with E-state index in [0.29, 0.717) is 16.8 Å². The summed E-state index contributed by atoms with van der Waals surface area (Å²) in [5.41, 5.74) is 0.521. The minimum atomic E-state index is -4.60. The van der Waals surface area contributed by atoms with Gasteiger partial charge < -0.3 is 13.5 Å². The Labute approximate surface area is 191 Å². The molecular formula is C20H17ClF3N2O4PS. The molecule has 1 unspecified atom stereocenters. The third-order valence-corrected chi connectivity index (χ3v) is 6.20. The molecule has 0 N–H and O–H groups in total. The Hall–Kier alpha value is -2.26. The highest BCUT2D eigenvalue weighted by Gasteiger charge is 2.33. The minimum Gasteiger partial charge on any atom is -0.442 e. The van der Waals surface area contributed by atoms with Crippen molar-refractivity contribution in [1.29, 1.82) is 0 Å². The van der Waals surface area contributed by atoms with Crippen LogP contribution >= 0.6 is 18.1 Å². The highest BCUT2D eigenvalue weighted by molar-refractivity contribution is 8.09. The standard InChI is InChI=1S/C20H17ClF3N2O4PS/c1-11-8-25-9-13(21)15(11)16-18(30-31(3,32)28-10-20(22,23)24)12(2)17(29-19(16)27)14-6-4-5-7-26-14/h4-9H,10H2,1-3H3. The first-order valence-corrected chi connectivity index (χ1v) is 12.5. The number of pyridine rings is 2. The molecule has 3 heterocycles. The van der Waals surface area contributed by atoms with E-state index in [4.69, 9.17) is 36.9 Å². The van der Waals surface area contributed by atoms with Crippen molar-refractivity contribution in [2.45, 2.75) is 20.0 Å². The molecule has 0 aliphatic rings. The SMILES string of the molecule is Cc1cncc(Cl)c1-c1c(OP(C)(=S)OCC(F)(F)F)c(C)c(-c2ccccn2)oc1=O. The summed E-state index contributed by atoms with van der Waals surface area (Å²) in [7, 11) is 0. The molecule has 0 spiro atoms. The number of nitrogens with zero attached hydrogens (tertiary/aromatic N) is 2. The molecular weight excluding hydrogens is 488 g/mol. The number of alkyl halides is 3. The topological polar surface area (TPSA) is 74.5 Å². The van der Waals surface area contributed by atoms with E-state index in [1.54, 1.807) is 32.0 Å². The fourth-order valence-corrected chi connectivity index (χ4v) is 4.58. The van der Waals surface area contributed by atoms with Crippen LogP contribution in [0.25, 0.3) is 22.6 Å². The second kappa shape index (κ2) is 9.31. The summed E-state index contributed by atoms with van der Waals surface area (Å²) in [5.74, 6) is 0.00844. The van der Waals surface area contributed by atoms with Gasteiger partial charge >= 0.3 is 11.8 Å². The number of hydrogen-bond acceptors (Lipinski definition) is 7. The molecule has 0 radical (unpaired) electrons. The molecule has 1 atom stereocenters. The summed E-state index contributed by atoms with van der Waals surface area (Å²) in [6, 6.07) is 4.98. The average Bonchev–Trinajstić information content (AvgIpc) is 2.71. The number of halogens is 4. The smallest absolute Gasteiger partial charge is 0.412 e. The second-order valence-corrected chi connectivity index (χ2v) is 11.2. The van der Waals surface area contributed by atoms with Gasteiger partial charge in [0.25, 0.3) is 0 Å². The zero-order valence-electron chi connectivity index (χ0n) is 17.1. The van der Waals surface area contributed by atoms with Crippen molar-refractivity contribution in [3.05, 3.63) is 63.4 Å². The molecule has 3 aromatic heterocycles. The van der Waals surface area contributed by atoms with Gasteiger partial charge in [-0.1, -0.05) is 17.7 Å². The van der Waals surface area contributed by atoms with Gasteiger partial charge in [-0.25, -0.2) is 4.79 Å². The molecule has 0 bridgehead atoms. The van der Waals surface area contributed by atoms with Crippen LogP contribution < -0.4 is 10.1 Å². The van der Waals surface area contributed by atoms with Crippen molar-refractivity contribution in [2.24, 2.45) is 0 Å². The Kier molecular flexibility index (Phi) is 7.09. The van der Waals surface area contributed by atoms with Gasteiger partial charge in [-0.3, -0.25) is 9.97 Å². The fraction of sp³-hybridized carbons (Fsp3) is 0.250. The summed E-state index contributed by atoms with van der Waals surface area (Å²) in [6.07, 6.45) is -0.281. The van der Waals surface area contributed by atoms with Crippen molar-refractivity contribution in [1.82, 2.24) is 9.97 Å². The van der Waals surface area contributed by atoms with Crippen LogP contribution in [-0.2, 0) is 16.3 Å². The van der Waals surface area contributed by atoms with E-state index in [2.05, 4.69) is 9.97 Å².